The van der Waals surface area contributed by atoms with E-state index in [1.165, 1.54) is 0 Å². The third-order valence-corrected chi connectivity index (χ3v) is 3.41. The van der Waals surface area contributed by atoms with Crippen LogP contribution in [0, 0.1) is 0 Å². The normalized spacial score (nSPS) is 18.9. The van der Waals surface area contributed by atoms with E-state index in [-0.39, 0.29) is 6.10 Å². The minimum Gasteiger partial charge on any atom is -0.490 e. The molecule has 1 aromatic rings. The molecule has 0 aromatic carbocycles. The zero-order valence-electron chi connectivity index (χ0n) is 12.6. The van der Waals surface area contributed by atoms with Gasteiger partial charge in [0.1, 0.15) is 6.33 Å². The number of ether oxygens (including phenoxy) is 2. The maximum atomic E-state index is 5.74. The first-order valence-corrected chi connectivity index (χ1v) is 7.29. The van der Waals surface area contributed by atoms with Crippen LogP contribution in [0.25, 0.3) is 0 Å². The molecule has 1 N–H and O–H groups in total. The molecule has 1 atom stereocenters. The predicted octanol–water partition coefficient (Wildman–Crippen LogP) is 1.92. The molecular weight excluding hydrogens is 256 g/mol. The Labute approximate surface area is 120 Å². The van der Waals surface area contributed by atoms with Gasteiger partial charge in [0, 0.05) is 26.2 Å². The average Bonchev–Trinajstić information content (AvgIpc) is 2.48. The molecule has 0 spiro atoms. The fraction of sp³-hybridized carbons (Fsp3) is 0.714. The second-order valence-corrected chi connectivity index (χ2v) is 4.78. The maximum absolute atomic E-state index is 5.74. The Kier molecular flexibility index (Phi) is 5.40. The molecule has 0 saturated carbocycles. The van der Waals surface area contributed by atoms with Crippen LogP contribution in [0.4, 0.5) is 11.6 Å². The van der Waals surface area contributed by atoms with E-state index < -0.39 is 0 Å². The van der Waals surface area contributed by atoms with E-state index in [4.69, 9.17) is 9.47 Å². The van der Waals surface area contributed by atoms with E-state index in [9.17, 15) is 0 Å². The number of rotatable bonds is 6. The summed E-state index contributed by atoms with van der Waals surface area (Å²) in [4.78, 5) is 10.9. The number of hydrogen-bond acceptors (Lipinski definition) is 6. The molecule has 1 aromatic heterocycles. The number of piperidine rings is 1. The molecule has 2 heterocycles. The van der Waals surface area contributed by atoms with Gasteiger partial charge in [0.2, 0.25) is 5.75 Å². The van der Waals surface area contributed by atoms with E-state index in [2.05, 4.69) is 20.2 Å². The van der Waals surface area contributed by atoms with Crippen molar-refractivity contribution in [3.8, 4) is 5.75 Å². The topological polar surface area (TPSA) is 59.5 Å². The largest absolute Gasteiger partial charge is 0.490 e. The van der Waals surface area contributed by atoms with Crippen molar-refractivity contribution >= 4 is 11.6 Å². The molecular formula is C14H24N4O2. The van der Waals surface area contributed by atoms with Crippen LogP contribution in [-0.2, 0) is 4.74 Å². The molecule has 2 rings (SSSR count). The number of aromatic nitrogens is 2. The summed E-state index contributed by atoms with van der Waals surface area (Å²) < 4.78 is 11.3. The smallest absolute Gasteiger partial charge is 0.204 e. The Morgan fingerprint density at radius 2 is 2.25 bits per heavy atom. The molecule has 1 unspecified atom stereocenters. The van der Waals surface area contributed by atoms with E-state index in [0.717, 1.165) is 50.7 Å². The van der Waals surface area contributed by atoms with Crippen LogP contribution in [0.1, 0.15) is 26.7 Å². The fourth-order valence-electron chi connectivity index (χ4n) is 2.57. The number of nitrogens with zero attached hydrogens (tertiary/aromatic N) is 3. The molecule has 0 aliphatic carbocycles. The lowest BCUT2D eigenvalue weighted by atomic mass is 10.1. The third kappa shape index (κ3) is 3.30. The highest BCUT2D eigenvalue weighted by molar-refractivity contribution is 5.64. The van der Waals surface area contributed by atoms with Gasteiger partial charge in [-0.1, -0.05) is 0 Å². The highest BCUT2D eigenvalue weighted by Gasteiger charge is 2.25. The number of anilines is 2. The Balaban J connectivity index is 2.20. The zero-order chi connectivity index (χ0) is 14.4. The summed E-state index contributed by atoms with van der Waals surface area (Å²) in [6.45, 7) is 7.45. The van der Waals surface area contributed by atoms with Crippen LogP contribution < -0.4 is 15.0 Å². The van der Waals surface area contributed by atoms with Gasteiger partial charge in [-0.2, -0.15) is 0 Å². The summed E-state index contributed by atoms with van der Waals surface area (Å²) >= 11 is 0. The predicted molar refractivity (Wildman–Crippen MR) is 79.6 cm³/mol. The summed E-state index contributed by atoms with van der Waals surface area (Å²) in [6.07, 6.45) is 4.07. The second kappa shape index (κ2) is 7.28. The highest BCUT2D eigenvalue weighted by Crippen LogP contribution is 2.33. The van der Waals surface area contributed by atoms with Crippen molar-refractivity contribution in [3.05, 3.63) is 6.33 Å². The zero-order valence-corrected chi connectivity index (χ0v) is 12.6. The molecule has 1 saturated heterocycles. The van der Waals surface area contributed by atoms with Gasteiger partial charge in [-0.15, -0.1) is 0 Å². The first-order chi connectivity index (χ1) is 9.80. The summed E-state index contributed by atoms with van der Waals surface area (Å²) in [6, 6.07) is 0. The third-order valence-electron chi connectivity index (χ3n) is 3.41. The summed E-state index contributed by atoms with van der Waals surface area (Å²) in [7, 11) is 1.66. The average molecular weight is 280 g/mol. The van der Waals surface area contributed by atoms with Gasteiger partial charge in [-0.25, -0.2) is 9.97 Å². The number of nitrogens with one attached hydrogen (secondary N) is 1. The van der Waals surface area contributed by atoms with Gasteiger partial charge >= 0.3 is 0 Å². The minimum absolute atomic E-state index is 0.274. The molecule has 1 aliphatic heterocycles. The van der Waals surface area contributed by atoms with Gasteiger partial charge in [-0.05, 0) is 26.7 Å². The van der Waals surface area contributed by atoms with Crippen molar-refractivity contribution < 1.29 is 9.47 Å². The van der Waals surface area contributed by atoms with Crippen LogP contribution in [0.3, 0.4) is 0 Å². The lowest BCUT2D eigenvalue weighted by molar-refractivity contribution is 0.0524. The Morgan fingerprint density at radius 1 is 1.40 bits per heavy atom. The fourth-order valence-corrected chi connectivity index (χ4v) is 2.57. The lowest BCUT2D eigenvalue weighted by Crippen LogP contribution is -2.40. The second-order valence-electron chi connectivity index (χ2n) is 4.78. The maximum Gasteiger partial charge on any atom is 0.204 e. The first-order valence-electron chi connectivity index (χ1n) is 7.29. The van der Waals surface area contributed by atoms with Crippen LogP contribution in [0.5, 0.6) is 5.75 Å². The van der Waals surface area contributed by atoms with Crippen molar-refractivity contribution in [1.82, 2.24) is 9.97 Å². The Hall–Kier alpha value is -1.56. The summed E-state index contributed by atoms with van der Waals surface area (Å²) in [5.74, 6) is 2.31. The van der Waals surface area contributed by atoms with E-state index in [1.807, 2.05) is 13.8 Å². The van der Waals surface area contributed by atoms with Gasteiger partial charge in [0.25, 0.3) is 0 Å². The molecule has 20 heavy (non-hydrogen) atoms. The molecule has 6 nitrogen and oxygen atoms in total. The van der Waals surface area contributed by atoms with Crippen molar-refractivity contribution in [2.24, 2.45) is 0 Å². The van der Waals surface area contributed by atoms with Crippen molar-refractivity contribution in [2.75, 3.05) is 43.6 Å². The van der Waals surface area contributed by atoms with Crippen LogP contribution in [0.15, 0.2) is 6.33 Å². The number of methoxy groups -OCH3 is 1. The van der Waals surface area contributed by atoms with E-state index >= 15 is 0 Å². The van der Waals surface area contributed by atoms with Gasteiger partial charge in [0.15, 0.2) is 11.6 Å². The molecule has 0 radical (unpaired) electrons. The van der Waals surface area contributed by atoms with Gasteiger partial charge in [-0.3, -0.25) is 0 Å². The number of hydrogen-bond donors (Lipinski definition) is 1. The SMILES string of the molecule is CCNc1ncnc(N2CCCC(OCC)C2)c1OC. The Morgan fingerprint density at radius 3 is 2.95 bits per heavy atom. The van der Waals surface area contributed by atoms with Crippen molar-refractivity contribution in [3.63, 3.8) is 0 Å². The molecule has 112 valence electrons. The molecule has 1 aliphatic rings. The molecule has 0 amide bonds. The van der Waals surface area contributed by atoms with Gasteiger partial charge < -0.3 is 19.7 Å². The highest BCUT2D eigenvalue weighted by atomic mass is 16.5. The molecule has 0 bridgehead atoms. The van der Waals surface area contributed by atoms with Crippen molar-refractivity contribution in [2.45, 2.75) is 32.8 Å². The van der Waals surface area contributed by atoms with Crippen LogP contribution in [0.2, 0.25) is 0 Å². The monoisotopic (exact) mass is 280 g/mol. The molecule has 6 heteroatoms. The standard InChI is InChI=1S/C14H24N4O2/c1-4-15-13-12(19-3)14(17-10-16-13)18-8-6-7-11(9-18)20-5-2/h10-11H,4-9H2,1-3H3,(H,15,16,17). The Bertz CT molecular complexity index is 426. The first kappa shape index (κ1) is 14.8. The van der Waals surface area contributed by atoms with Crippen LogP contribution in [-0.4, -0.2) is 49.4 Å². The lowest BCUT2D eigenvalue weighted by Gasteiger charge is -2.34. The van der Waals surface area contributed by atoms with Crippen LogP contribution >= 0.6 is 0 Å². The minimum atomic E-state index is 0.274. The summed E-state index contributed by atoms with van der Waals surface area (Å²) in [5.41, 5.74) is 0. The van der Waals surface area contributed by atoms with Crippen molar-refractivity contribution in [1.29, 1.82) is 0 Å². The van der Waals surface area contributed by atoms with E-state index in [1.54, 1.807) is 13.4 Å². The quantitative estimate of drug-likeness (QED) is 0.859. The molecule has 1 fully saturated rings. The summed E-state index contributed by atoms with van der Waals surface area (Å²) in [5, 5.41) is 3.21. The van der Waals surface area contributed by atoms with E-state index in [0.29, 0.717) is 5.75 Å². The van der Waals surface area contributed by atoms with Gasteiger partial charge in [0.05, 0.1) is 13.2 Å².